The van der Waals surface area contributed by atoms with E-state index in [2.05, 4.69) is 5.32 Å². The molecule has 1 atom stereocenters. The molecule has 1 aliphatic heterocycles. The molecule has 0 saturated carbocycles. The standard InChI is InChI=1S/C22H20Cl3N3O4/c23-13-4-6-16(15(25)11-13)26-21(30)18-3-1-2-9-27(18)20(29)8-10-28-17-7-5-14(24)12-19(17)32-22(28)31/h4-7,11-12,18H,1-3,8-10H2,(H,26,30). The highest BCUT2D eigenvalue weighted by molar-refractivity contribution is 6.36. The molecule has 0 bridgehead atoms. The highest BCUT2D eigenvalue weighted by Gasteiger charge is 2.32. The number of nitrogens with zero attached hydrogens (tertiary/aromatic N) is 2. The summed E-state index contributed by atoms with van der Waals surface area (Å²) in [5, 5.41) is 4.04. The maximum absolute atomic E-state index is 13.0. The lowest BCUT2D eigenvalue weighted by Gasteiger charge is -2.35. The maximum atomic E-state index is 13.0. The number of fused-ring (bicyclic) bond motifs is 1. The fourth-order valence-corrected chi connectivity index (χ4v) is 4.53. The van der Waals surface area contributed by atoms with E-state index >= 15 is 0 Å². The summed E-state index contributed by atoms with van der Waals surface area (Å²) in [6, 6.07) is 9.09. The Morgan fingerprint density at radius 1 is 1.06 bits per heavy atom. The van der Waals surface area contributed by atoms with E-state index < -0.39 is 11.8 Å². The molecular formula is C22H20Cl3N3O4. The van der Waals surface area contributed by atoms with Gasteiger partial charge in [0.1, 0.15) is 6.04 Å². The molecule has 1 aliphatic rings. The summed E-state index contributed by atoms with van der Waals surface area (Å²) < 4.78 is 6.61. The van der Waals surface area contributed by atoms with E-state index in [0.29, 0.717) is 44.8 Å². The molecule has 7 nitrogen and oxygen atoms in total. The quantitative estimate of drug-likeness (QED) is 0.541. The van der Waals surface area contributed by atoms with Gasteiger partial charge in [-0.25, -0.2) is 4.79 Å². The summed E-state index contributed by atoms with van der Waals surface area (Å²) in [6.07, 6.45) is 2.26. The molecule has 2 heterocycles. The molecule has 10 heteroatoms. The Labute approximate surface area is 198 Å². The number of piperidine rings is 1. The number of halogens is 3. The Balaban J connectivity index is 1.46. The van der Waals surface area contributed by atoms with Crippen molar-refractivity contribution in [2.24, 2.45) is 0 Å². The number of hydrogen-bond donors (Lipinski definition) is 1. The summed E-state index contributed by atoms with van der Waals surface area (Å²) in [6.45, 7) is 0.613. The predicted molar refractivity (Wildman–Crippen MR) is 125 cm³/mol. The van der Waals surface area contributed by atoms with Crippen LogP contribution in [0.4, 0.5) is 5.69 Å². The van der Waals surface area contributed by atoms with Crippen LogP contribution in [0.25, 0.3) is 11.1 Å². The highest BCUT2D eigenvalue weighted by Crippen LogP contribution is 2.27. The van der Waals surface area contributed by atoms with Crippen molar-refractivity contribution in [1.29, 1.82) is 0 Å². The number of likely N-dealkylation sites (tertiary alicyclic amines) is 1. The van der Waals surface area contributed by atoms with Crippen LogP contribution in [-0.2, 0) is 16.1 Å². The molecule has 4 rings (SSSR count). The van der Waals surface area contributed by atoms with Gasteiger partial charge in [0, 0.05) is 35.6 Å². The summed E-state index contributed by atoms with van der Waals surface area (Å²) in [7, 11) is 0. The minimum Gasteiger partial charge on any atom is -0.408 e. The Bertz CT molecular complexity index is 1240. The SMILES string of the molecule is O=C(Nc1ccc(Cl)cc1Cl)C1CCCCN1C(=O)CCn1c(=O)oc2cc(Cl)ccc21. The number of carbonyl (C=O) groups excluding carboxylic acids is 2. The number of nitrogens with one attached hydrogen (secondary N) is 1. The van der Waals surface area contributed by atoms with Gasteiger partial charge in [-0.2, -0.15) is 0 Å². The molecule has 1 fully saturated rings. The lowest BCUT2D eigenvalue weighted by molar-refractivity contribution is -0.140. The summed E-state index contributed by atoms with van der Waals surface area (Å²) in [5.74, 6) is -1.06. The first-order chi connectivity index (χ1) is 15.3. The molecule has 0 radical (unpaired) electrons. The third-order valence-corrected chi connectivity index (χ3v) is 6.28. The zero-order valence-corrected chi connectivity index (χ0v) is 19.2. The molecule has 3 aromatic rings. The largest absolute Gasteiger partial charge is 0.419 e. The second-order valence-electron chi connectivity index (χ2n) is 7.59. The Kier molecular flexibility index (Phi) is 6.79. The van der Waals surface area contributed by atoms with Gasteiger partial charge in [0.2, 0.25) is 11.8 Å². The van der Waals surface area contributed by atoms with Crippen molar-refractivity contribution in [3.63, 3.8) is 0 Å². The molecule has 1 unspecified atom stereocenters. The fourth-order valence-electron chi connectivity index (χ4n) is 3.91. The van der Waals surface area contributed by atoms with Gasteiger partial charge in [-0.05, 0) is 49.6 Å². The van der Waals surface area contributed by atoms with E-state index in [9.17, 15) is 14.4 Å². The van der Waals surface area contributed by atoms with Crippen LogP contribution < -0.4 is 11.1 Å². The minimum absolute atomic E-state index is 0.0582. The van der Waals surface area contributed by atoms with Gasteiger partial charge < -0.3 is 14.6 Å². The van der Waals surface area contributed by atoms with Gasteiger partial charge in [0.25, 0.3) is 0 Å². The molecule has 1 aromatic heterocycles. The maximum Gasteiger partial charge on any atom is 0.419 e. The van der Waals surface area contributed by atoms with Crippen molar-refractivity contribution < 1.29 is 14.0 Å². The van der Waals surface area contributed by atoms with Crippen LogP contribution in [-0.4, -0.2) is 33.9 Å². The van der Waals surface area contributed by atoms with Crippen LogP contribution in [0.1, 0.15) is 25.7 Å². The number of anilines is 1. The second-order valence-corrected chi connectivity index (χ2v) is 8.87. The van der Waals surface area contributed by atoms with Crippen LogP contribution in [0.15, 0.2) is 45.6 Å². The van der Waals surface area contributed by atoms with Crippen LogP contribution in [0, 0.1) is 0 Å². The lowest BCUT2D eigenvalue weighted by Crippen LogP contribution is -2.50. The van der Waals surface area contributed by atoms with Crippen molar-refractivity contribution >= 4 is 63.4 Å². The van der Waals surface area contributed by atoms with Crippen LogP contribution in [0.3, 0.4) is 0 Å². The molecule has 0 spiro atoms. The average Bonchev–Trinajstić information content (AvgIpc) is 3.07. The van der Waals surface area contributed by atoms with E-state index in [1.165, 1.54) is 4.57 Å². The molecule has 1 N–H and O–H groups in total. The predicted octanol–water partition coefficient (Wildman–Crippen LogP) is 4.96. The number of carbonyl (C=O) groups is 2. The number of rotatable bonds is 5. The molecule has 1 saturated heterocycles. The van der Waals surface area contributed by atoms with Gasteiger partial charge in [-0.1, -0.05) is 34.8 Å². The van der Waals surface area contributed by atoms with E-state index in [1.54, 1.807) is 41.3 Å². The zero-order valence-electron chi connectivity index (χ0n) is 16.9. The van der Waals surface area contributed by atoms with Crippen molar-refractivity contribution in [1.82, 2.24) is 9.47 Å². The second kappa shape index (κ2) is 9.57. The van der Waals surface area contributed by atoms with Crippen LogP contribution in [0.5, 0.6) is 0 Å². The smallest absolute Gasteiger partial charge is 0.408 e. The number of oxazole rings is 1. The lowest BCUT2D eigenvalue weighted by atomic mass is 10.0. The third kappa shape index (κ3) is 4.80. The Hall–Kier alpha value is -2.48. The average molecular weight is 497 g/mol. The van der Waals surface area contributed by atoms with E-state index in [0.717, 1.165) is 12.8 Å². The monoisotopic (exact) mass is 495 g/mol. The number of hydrogen-bond acceptors (Lipinski definition) is 4. The molecule has 0 aliphatic carbocycles. The third-order valence-electron chi connectivity index (χ3n) is 5.49. The first-order valence-corrected chi connectivity index (χ1v) is 11.3. The van der Waals surface area contributed by atoms with Crippen molar-refractivity contribution in [2.75, 3.05) is 11.9 Å². The molecule has 32 heavy (non-hydrogen) atoms. The normalized spacial score (nSPS) is 16.3. The van der Waals surface area contributed by atoms with Crippen LogP contribution >= 0.6 is 34.8 Å². The van der Waals surface area contributed by atoms with E-state index in [1.807, 2.05) is 0 Å². The summed E-state index contributed by atoms with van der Waals surface area (Å²) in [5.41, 5.74) is 1.37. The van der Waals surface area contributed by atoms with Gasteiger partial charge in [0.15, 0.2) is 5.58 Å². The van der Waals surface area contributed by atoms with Crippen molar-refractivity contribution in [2.45, 2.75) is 38.3 Å². The number of aromatic nitrogens is 1. The van der Waals surface area contributed by atoms with E-state index in [4.69, 9.17) is 39.2 Å². The van der Waals surface area contributed by atoms with Gasteiger partial charge >= 0.3 is 5.76 Å². The zero-order chi connectivity index (χ0) is 22.8. The van der Waals surface area contributed by atoms with Crippen LogP contribution in [0.2, 0.25) is 15.1 Å². The van der Waals surface area contributed by atoms with Crippen molar-refractivity contribution in [3.05, 3.63) is 62.0 Å². The topological polar surface area (TPSA) is 84.5 Å². The molecule has 2 amide bonds. The number of benzene rings is 2. The van der Waals surface area contributed by atoms with Gasteiger partial charge in [-0.15, -0.1) is 0 Å². The van der Waals surface area contributed by atoms with Gasteiger partial charge in [0.05, 0.1) is 16.2 Å². The molecule has 168 valence electrons. The Morgan fingerprint density at radius 3 is 2.59 bits per heavy atom. The molecule has 2 aromatic carbocycles. The fraction of sp³-hybridized carbons (Fsp3) is 0.318. The first-order valence-electron chi connectivity index (χ1n) is 10.2. The Morgan fingerprint density at radius 2 is 1.81 bits per heavy atom. The number of aryl methyl sites for hydroxylation is 1. The summed E-state index contributed by atoms with van der Waals surface area (Å²) in [4.78, 5) is 39.7. The first kappa shape index (κ1) is 22.7. The molecular weight excluding hydrogens is 477 g/mol. The van der Waals surface area contributed by atoms with E-state index in [-0.39, 0.29) is 24.8 Å². The van der Waals surface area contributed by atoms with Gasteiger partial charge in [-0.3, -0.25) is 14.2 Å². The minimum atomic E-state index is -0.611. The summed E-state index contributed by atoms with van der Waals surface area (Å²) >= 11 is 18.0. The van der Waals surface area contributed by atoms with Crippen molar-refractivity contribution in [3.8, 4) is 0 Å². The highest BCUT2D eigenvalue weighted by atomic mass is 35.5. The number of amides is 2.